The van der Waals surface area contributed by atoms with E-state index in [4.69, 9.17) is 0 Å². The molecule has 0 unspecified atom stereocenters. The highest BCUT2D eigenvalue weighted by molar-refractivity contribution is 8.00. The molecule has 0 fully saturated rings. The van der Waals surface area contributed by atoms with E-state index >= 15 is 0 Å². The van der Waals surface area contributed by atoms with Crippen LogP contribution in [0.4, 0.5) is 85.3 Å². The first-order valence-corrected chi connectivity index (χ1v) is 30.8. The lowest BCUT2D eigenvalue weighted by Gasteiger charge is -2.46. The number of fused-ring (bicyclic) bond motifs is 8. The number of benzene rings is 13. The van der Waals surface area contributed by atoms with Gasteiger partial charge in [-0.3, -0.25) is 0 Å². The maximum Gasteiger partial charge on any atom is 0.252 e. The van der Waals surface area contributed by atoms with Crippen LogP contribution in [-0.4, -0.2) is 13.4 Å². The summed E-state index contributed by atoms with van der Waals surface area (Å²) in [5.74, 6) is 0. The fourth-order valence-electron chi connectivity index (χ4n) is 14.2. The first-order chi connectivity index (χ1) is 43.6. The van der Waals surface area contributed by atoms with E-state index in [0.717, 1.165) is 96.4 Å². The second kappa shape index (κ2) is 21.1. The SMILES string of the molecule is N#Cc1ccc(N2c3ccccc3B3c4cc5c(cc4Sc4cc(N(c6ccccc6)c6ccccc6)cc2c43)N(c2ccccc2)c2cc(N(c3ccccc3)c3ccccc3)cc3c2B5c2ccccc2N3c2ccccc2)c(-c2ccccc2)c1. The molecule has 13 aromatic rings. The maximum atomic E-state index is 10.5. The normalized spacial score (nSPS) is 12.8. The Hall–Kier alpha value is -11.2. The average Bonchev–Trinajstić information content (AvgIpc) is 0.728. The minimum absolute atomic E-state index is 0.140. The zero-order chi connectivity index (χ0) is 58.2. The van der Waals surface area contributed by atoms with Gasteiger partial charge in [0.25, 0.3) is 6.71 Å². The molecule has 0 radical (unpaired) electrons. The molecule has 9 heteroatoms. The summed E-state index contributed by atoms with van der Waals surface area (Å²) in [6, 6.07) is 117. The molecule has 0 amide bonds. The van der Waals surface area contributed by atoms with Crippen molar-refractivity contribution >= 4 is 143 Å². The Balaban J connectivity index is 0.952. The minimum Gasteiger partial charge on any atom is -0.311 e. The molecular formula is C79H52B2N6S. The summed E-state index contributed by atoms with van der Waals surface area (Å²) in [5.41, 5.74) is 26.5. The monoisotopic (exact) mass is 1140 g/mol. The van der Waals surface area contributed by atoms with Gasteiger partial charge in [0.2, 0.25) is 6.71 Å². The van der Waals surface area contributed by atoms with Crippen LogP contribution in [0.2, 0.25) is 0 Å². The molecule has 0 N–H and O–H groups in total. The third kappa shape index (κ3) is 8.29. The van der Waals surface area contributed by atoms with Gasteiger partial charge < -0.3 is 24.5 Å². The van der Waals surface area contributed by atoms with Crippen molar-refractivity contribution in [2.24, 2.45) is 0 Å². The molecule has 0 saturated heterocycles. The van der Waals surface area contributed by atoms with Crippen molar-refractivity contribution in [3.8, 4) is 17.2 Å². The van der Waals surface area contributed by atoms with Crippen LogP contribution in [-0.2, 0) is 0 Å². The number of hydrogen-bond donors (Lipinski definition) is 0. The Bertz CT molecular complexity index is 4800. The number of nitrogens with zero attached hydrogens (tertiary/aromatic N) is 6. The van der Waals surface area contributed by atoms with Crippen molar-refractivity contribution in [1.29, 1.82) is 5.26 Å². The fourth-order valence-corrected chi connectivity index (χ4v) is 15.4. The van der Waals surface area contributed by atoms with E-state index in [1.165, 1.54) is 42.6 Å². The van der Waals surface area contributed by atoms with Gasteiger partial charge in [-0.25, -0.2) is 0 Å². The quantitative estimate of drug-likeness (QED) is 0.126. The minimum atomic E-state index is -0.146. The second-order valence-corrected chi connectivity index (χ2v) is 23.8. The number of hydrogen-bond acceptors (Lipinski definition) is 7. The summed E-state index contributed by atoms with van der Waals surface area (Å²) in [6.45, 7) is -0.287. The number of nitriles is 1. The molecule has 0 aliphatic carbocycles. The van der Waals surface area contributed by atoms with Crippen molar-refractivity contribution in [1.82, 2.24) is 0 Å². The van der Waals surface area contributed by atoms with E-state index in [-0.39, 0.29) is 13.4 Å². The molecule has 17 rings (SSSR count). The first-order valence-electron chi connectivity index (χ1n) is 29.9. The van der Waals surface area contributed by atoms with Gasteiger partial charge in [0.15, 0.2) is 0 Å². The largest absolute Gasteiger partial charge is 0.311 e. The second-order valence-electron chi connectivity index (χ2n) is 22.7. The molecule has 0 aromatic heterocycles. The molecule has 0 atom stereocenters. The Kier molecular flexibility index (Phi) is 12.3. The third-order valence-corrected chi connectivity index (χ3v) is 18.9. The van der Waals surface area contributed by atoms with Crippen LogP contribution >= 0.6 is 11.8 Å². The van der Waals surface area contributed by atoms with E-state index in [0.29, 0.717) is 5.56 Å². The lowest BCUT2D eigenvalue weighted by Crippen LogP contribution is -2.64. The smallest absolute Gasteiger partial charge is 0.252 e. The molecule has 4 aliphatic heterocycles. The topological polar surface area (TPSA) is 40.0 Å². The standard InChI is InChI=1S/C79H52B2N6S/c82-53-54-44-45-69(64(46-54)55-26-8-1-9-27-55)87-71-43-25-23-41-66(71)81-68-51-67-72(52-76(68)88-77-50-63(49-75(87)79(77)81)84(58-32-14-4-15-33-58)59-34-16-5-17-35-59)86(61-38-20-7-21-39-61)74-48-62(83(56-28-10-2-11-29-56)57-30-12-3-13-31-57)47-73-78(74)80(67)65-40-22-24-42-70(65)85(73)60-36-18-6-19-37-60/h1-52H. The Morgan fingerprint density at radius 1 is 0.295 bits per heavy atom. The third-order valence-electron chi connectivity index (χ3n) is 17.8. The van der Waals surface area contributed by atoms with Crippen molar-refractivity contribution in [2.45, 2.75) is 9.79 Å². The Labute approximate surface area is 517 Å². The molecule has 4 aliphatic rings. The molecular weight excluding hydrogens is 1090 g/mol. The van der Waals surface area contributed by atoms with Crippen LogP contribution in [0.1, 0.15) is 5.56 Å². The highest BCUT2D eigenvalue weighted by atomic mass is 32.2. The number of anilines is 15. The average molecular weight is 1140 g/mol. The van der Waals surface area contributed by atoms with E-state index < -0.39 is 0 Å². The van der Waals surface area contributed by atoms with Crippen molar-refractivity contribution < 1.29 is 0 Å². The molecule has 0 bridgehead atoms. The lowest BCUT2D eigenvalue weighted by molar-refractivity contribution is 1.22. The summed E-state index contributed by atoms with van der Waals surface area (Å²) < 4.78 is 0. The molecule has 410 valence electrons. The summed E-state index contributed by atoms with van der Waals surface area (Å²) in [5, 5.41) is 10.5. The van der Waals surface area contributed by atoms with Crippen LogP contribution in [0.3, 0.4) is 0 Å². The molecule has 6 nitrogen and oxygen atoms in total. The Morgan fingerprint density at radius 2 is 0.716 bits per heavy atom. The molecule has 13 aromatic carbocycles. The van der Waals surface area contributed by atoms with Crippen LogP contribution in [0.5, 0.6) is 0 Å². The Morgan fingerprint density at radius 3 is 1.23 bits per heavy atom. The van der Waals surface area contributed by atoms with Gasteiger partial charge in [-0.2, -0.15) is 5.26 Å². The van der Waals surface area contributed by atoms with E-state index in [1.54, 1.807) is 0 Å². The van der Waals surface area contributed by atoms with Crippen molar-refractivity contribution in [3.05, 3.63) is 321 Å². The molecule has 0 saturated carbocycles. The van der Waals surface area contributed by atoms with Crippen LogP contribution < -0.4 is 57.3 Å². The van der Waals surface area contributed by atoms with E-state index in [2.05, 4.69) is 340 Å². The summed E-state index contributed by atoms with van der Waals surface area (Å²) in [6.07, 6.45) is 0. The van der Waals surface area contributed by atoms with Crippen LogP contribution in [0.15, 0.2) is 325 Å². The van der Waals surface area contributed by atoms with Gasteiger partial charge >= 0.3 is 0 Å². The predicted molar refractivity (Wildman–Crippen MR) is 370 cm³/mol. The summed E-state index contributed by atoms with van der Waals surface area (Å²) in [4.78, 5) is 14.7. The van der Waals surface area contributed by atoms with Crippen LogP contribution in [0.25, 0.3) is 11.1 Å². The summed E-state index contributed by atoms with van der Waals surface area (Å²) in [7, 11) is 0. The van der Waals surface area contributed by atoms with E-state index in [9.17, 15) is 5.26 Å². The van der Waals surface area contributed by atoms with Gasteiger partial charge in [-0.1, -0.05) is 199 Å². The molecule has 0 spiro atoms. The van der Waals surface area contributed by atoms with Gasteiger partial charge in [0.05, 0.1) is 23.0 Å². The fraction of sp³-hybridized carbons (Fsp3) is 0. The predicted octanol–water partition coefficient (Wildman–Crippen LogP) is 17.0. The number of rotatable bonds is 10. The molecule has 4 heterocycles. The van der Waals surface area contributed by atoms with E-state index in [1.807, 2.05) is 17.8 Å². The first kappa shape index (κ1) is 51.3. The number of para-hydroxylation sites is 8. The lowest BCUT2D eigenvalue weighted by atomic mass is 9.31. The highest BCUT2D eigenvalue weighted by Gasteiger charge is 2.48. The van der Waals surface area contributed by atoms with Crippen LogP contribution in [0, 0.1) is 11.3 Å². The zero-order valence-electron chi connectivity index (χ0n) is 47.8. The zero-order valence-corrected chi connectivity index (χ0v) is 48.6. The van der Waals surface area contributed by atoms with Crippen molar-refractivity contribution in [3.63, 3.8) is 0 Å². The maximum absolute atomic E-state index is 10.5. The van der Waals surface area contributed by atoms with Gasteiger partial charge in [-0.05, 0) is 166 Å². The van der Waals surface area contributed by atoms with Gasteiger partial charge in [0, 0.05) is 89.3 Å². The van der Waals surface area contributed by atoms with Crippen molar-refractivity contribution in [2.75, 3.05) is 24.5 Å². The highest BCUT2D eigenvalue weighted by Crippen LogP contribution is 2.52. The summed E-state index contributed by atoms with van der Waals surface area (Å²) >= 11 is 1.87. The van der Waals surface area contributed by atoms with Gasteiger partial charge in [0.1, 0.15) is 0 Å². The van der Waals surface area contributed by atoms with Gasteiger partial charge in [-0.15, -0.1) is 0 Å². The molecule has 88 heavy (non-hydrogen) atoms.